The van der Waals surface area contributed by atoms with Gasteiger partial charge in [0.15, 0.2) is 0 Å². The highest BCUT2D eigenvalue weighted by Gasteiger charge is 2.38. The number of methoxy groups -OCH3 is 1. The molecule has 0 bridgehead atoms. The minimum absolute atomic E-state index is 0.318. The van der Waals surface area contributed by atoms with Gasteiger partial charge in [-0.15, -0.1) is 11.6 Å². The van der Waals surface area contributed by atoms with E-state index in [0.29, 0.717) is 17.6 Å². The zero-order valence-corrected chi connectivity index (χ0v) is 11.0. The highest BCUT2D eigenvalue weighted by molar-refractivity contribution is 6.17. The summed E-state index contributed by atoms with van der Waals surface area (Å²) in [6.45, 7) is 0. The molecule has 0 aromatic carbocycles. The average molecular weight is 259 g/mol. The van der Waals surface area contributed by atoms with Crippen molar-refractivity contribution in [1.82, 2.24) is 10.1 Å². The van der Waals surface area contributed by atoms with Gasteiger partial charge in [-0.25, -0.2) is 0 Å². The van der Waals surface area contributed by atoms with Crippen LogP contribution in [0, 0.1) is 0 Å². The number of hydrogen-bond donors (Lipinski definition) is 0. The molecule has 0 N–H and O–H groups in total. The highest BCUT2D eigenvalue weighted by Crippen LogP contribution is 2.38. The maximum atomic E-state index is 5.67. The van der Waals surface area contributed by atoms with Gasteiger partial charge in [0.25, 0.3) is 0 Å². The first-order valence-electron chi connectivity index (χ1n) is 6.25. The second kappa shape index (κ2) is 5.83. The Morgan fingerprint density at radius 1 is 1.35 bits per heavy atom. The lowest BCUT2D eigenvalue weighted by molar-refractivity contribution is -0.0527. The molecule has 17 heavy (non-hydrogen) atoms. The van der Waals surface area contributed by atoms with E-state index in [2.05, 4.69) is 10.1 Å². The standard InChI is InChI=1S/C12H19ClN2O2/c1-16-12(7-3-2-4-8-12)11-14-10(17-15-11)6-5-9-13/h2-9H2,1H3. The van der Waals surface area contributed by atoms with Gasteiger partial charge in [-0.05, 0) is 19.3 Å². The number of halogens is 1. The summed E-state index contributed by atoms with van der Waals surface area (Å²) in [5.74, 6) is 2.00. The molecule has 2 rings (SSSR count). The third-order valence-electron chi connectivity index (χ3n) is 3.45. The van der Waals surface area contributed by atoms with Gasteiger partial charge in [-0.2, -0.15) is 4.98 Å². The van der Waals surface area contributed by atoms with E-state index in [9.17, 15) is 0 Å². The molecule has 96 valence electrons. The lowest BCUT2D eigenvalue weighted by atomic mass is 9.84. The molecule has 0 unspecified atom stereocenters. The van der Waals surface area contributed by atoms with Gasteiger partial charge in [-0.1, -0.05) is 24.4 Å². The van der Waals surface area contributed by atoms with Crippen LogP contribution in [0.4, 0.5) is 0 Å². The molecule has 0 aliphatic heterocycles. The molecule has 0 saturated heterocycles. The molecule has 0 radical (unpaired) electrons. The van der Waals surface area contributed by atoms with Gasteiger partial charge in [0, 0.05) is 19.4 Å². The topological polar surface area (TPSA) is 48.2 Å². The van der Waals surface area contributed by atoms with Crippen molar-refractivity contribution in [1.29, 1.82) is 0 Å². The summed E-state index contributed by atoms with van der Waals surface area (Å²) in [6, 6.07) is 0. The van der Waals surface area contributed by atoms with Crippen molar-refractivity contribution < 1.29 is 9.26 Å². The summed E-state index contributed by atoms with van der Waals surface area (Å²) in [5.41, 5.74) is -0.318. The van der Waals surface area contributed by atoms with E-state index >= 15 is 0 Å². The van der Waals surface area contributed by atoms with Gasteiger partial charge >= 0.3 is 0 Å². The zero-order chi connectivity index (χ0) is 12.1. The van der Waals surface area contributed by atoms with Gasteiger partial charge < -0.3 is 9.26 Å². The Bertz CT molecular complexity index is 348. The summed E-state index contributed by atoms with van der Waals surface area (Å²) in [5, 5.41) is 4.08. The SMILES string of the molecule is COC1(c2noc(CCCCl)n2)CCCCC1. The number of rotatable bonds is 5. The number of aromatic nitrogens is 2. The molecule has 1 saturated carbocycles. The van der Waals surface area contributed by atoms with Crippen LogP contribution in [-0.2, 0) is 16.8 Å². The molecule has 1 aliphatic carbocycles. The first kappa shape index (κ1) is 12.8. The zero-order valence-electron chi connectivity index (χ0n) is 10.2. The van der Waals surface area contributed by atoms with Crippen molar-refractivity contribution >= 4 is 11.6 Å². The van der Waals surface area contributed by atoms with Crippen molar-refractivity contribution in [3.05, 3.63) is 11.7 Å². The monoisotopic (exact) mass is 258 g/mol. The predicted molar refractivity (Wildman–Crippen MR) is 65.1 cm³/mol. The molecular formula is C12H19ClN2O2. The number of alkyl halides is 1. The van der Waals surface area contributed by atoms with Crippen molar-refractivity contribution in [2.75, 3.05) is 13.0 Å². The summed E-state index contributed by atoms with van der Waals surface area (Å²) in [4.78, 5) is 4.45. The Balaban J connectivity index is 2.10. The van der Waals surface area contributed by atoms with Gasteiger partial charge in [0.1, 0.15) is 5.60 Å². The molecule has 4 nitrogen and oxygen atoms in total. The van der Waals surface area contributed by atoms with Crippen LogP contribution < -0.4 is 0 Å². The molecule has 1 heterocycles. The van der Waals surface area contributed by atoms with Crippen LogP contribution in [0.15, 0.2) is 4.52 Å². The third kappa shape index (κ3) is 2.80. The summed E-state index contributed by atoms with van der Waals surface area (Å²) in [7, 11) is 1.74. The smallest absolute Gasteiger partial charge is 0.226 e. The Hall–Kier alpha value is -0.610. The first-order valence-corrected chi connectivity index (χ1v) is 6.78. The summed E-state index contributed by atoms with van der Waals surface area (Å²) in [6.07, 6.45) is 7.18. The Morgan fingerprint density at radius 2 is 2.12 bits per heavy atom. The van der Waals surface area contributed by atoms with E-state index in [1.165, 1.54) is 19.3 Å². The highest BCUT2D eigenvalue weighted by atomic mass is 35.5. The maximum absolute atomic E-state index is 5.67. The second-order valence-electron chi connectivity index (χ2n) is 4.56. The Morgan fingerprint density at radius 3 is 2.76 bits per heavy atom. The molecule has 1 fully saturated rings. The normalized spacial score (nSPS) is 19.4. The number of hydrogen-bond acceptors (Lipinski definition) is 4. The third-order valence-corrected chi connectivity index (χ3v) is 3.72. The summed E-state index contributed by atoms with van der Waals surface area (Å²) >= 11 is 5.65. The lowest BCUT2D eigenvalue weighted by Crippen LogP contribution is -2.32. The van der Waals surface area contributed by atoms with E-state index in [4.69, 9.17) is 20.9 Å². The molecule has 1 aliphatic rings. The fourth-order valence-corrected chi connectivity index (χ4v) is 2.54. The van der Waals surface area contributed by atoms with E-state index in [1.807, 2.05) is 0 Å². The van der Waals surface area contributed by atoms with E-state index in [1.54, 1.807) is 7.11 Å². The Labute approximate surface area is 107 Å². The molecule has 1 aromatic rings. The van der Waals surface area contributed by atoms with Crippen LogP contribution >= 0.6 is 11.6 Å². The Kier molecular flexibility index (Phi) is 4.40. The van der Waals surface area contributed by atoms with Crippen molar-refractivity contribution in [2.24, 2.45) is 0 Å². The first-order chi connectivity index (χ1) is 8.30. The molecule has 0 amide bonds. The largest absolute Gasteiger partial charge is 0.370 e. The minimum atomic E-state index is -0.318. The maximum Gasteiger partial charge on any atom is 0.226 e. The minimum Gasteiger partial charge on any atom is -0.370 e. The van der Waals surface area contributed by atoms with E-state index in [0.717, 1.165) is 25.7 Å². The van der Waals surface area contributed by atoms with Crippen LogP contribution in [0.1, 0.15) is 50.2 Å². The molecule has 0 atom stereocenters. The molecule has 0 spiro atoms. The molecule has 1 aromatic heterocycles. The molecule has 5 heteroatoms. The average Bonchev–Trinajstić information content (AvgIpc) is 2.86. The quantitative estimate of drug-likeness (QED) is 0.762. The molecular weight excluding hydrogens is 240 g/mol. The van der Waals surface area contributed by atoms with Crippen molar-refractivity contribution in [3.8, 4) is 0 Å². The lowest BCUT2D eigenvalue weighted by Gasteiger charge is -2.32. The van der Waals surface area contributed by atoms with Gasteiger partial charge in [-0.3, -0.25) is 0 Å². The van der Waals surface area contributed by atoms with Crippen molar-refractivity contribution in [3.63, 3.8) is 0 Å². The van der Waals surface area contributed by atoms with E-state index < -0.39 is 0 Å². The fraction of sp³-hybridized carbons (Fsp3) is 0.833. The van der Waals surface area contributed by atoms with Crippen LogP contribution in [0.3, 0.4) is 0 Å². The van der Waals surface area contributed by atoms with Crippen molar-refractivity contribution in [2.45, 2.75) is 50.5 Å². The van der Waals surface area contributed by atoms with Crippen LogP contribution in [0.2, 0.25) is 0 Å². The predicted octanol–water partition coefficient (Wildman–Crippen LogP) is 3.05. The number of aryl methyl sites for hydroxylation is 1. The van der Waals surface area contributed by atoms with E-state index in [-0.39, 0.29) is 5.60 Å². The number of nitrogens with zero attached hydrogens (tertiary/aromatic N) is 2. The van der Waals surface area contributed by atoms with Crippen LogP contribution in [-0.4, -0.2) is 23.1 Å². The fourth-order valence-electron chi connectivity index (χ4n) is 2.40. The van der Waals surface area contributed by atoms with Crippen LogP contribution in [0.5, 0.6) is 0 Å². The van der Waals surface area contributed by atoms with Crippen LogP contribution in [0.25, 0.3) is 0 Å². The number of ether oxygens (including phenoxy) is 1. The second-order valence-corrected chi connectivity index (χ2v) is 4.94. The van der Waals surface area contributed by atoms with Gasteiger partial charge in [0.2, 0.25) is 11.7 Å². The van der Waals surface area contributed by atoms with Gasteiger partial charge in [0.05, 0.1) is 0 Å². The summed E-state index contributed by atoms with van der Waals surface area (Å²) < 4.78 is 10.9.